The van der Waals surface area contributed by atoms with Gasteiger partial charge in [0.05, 0.1) is 11.7 Å². The van der Waals surface area contributed by atoms with Gasteiger partial charge in [0, 0.05) is 0 Å². The van der Waals surface area contributed by atoms with Crippen LogP contribution in [0, 0.1) is 65.1 Å². The summed E-state index contributed by atoms with van der Waals surface area (Å²) in [5, 5.41) is 0. The molecule has 0 N–H and O–H groups in total. The molecular weight excluding hydrogens is 280 g/mol. The average molecular weight is 312 g/mol. The Morgan fingerprint density at radius 2 is 1.30 bits per heavy atom. The highest BCUT2D eigenvalue weighted by molar-refractivity contribution is 5.25. The van der Waals surface area contributed by atoms with Crippen LogP contribution in [0.4, 0.5) is 0 Å². The predicted octanol–water partition coefficient (Wildman–Crippen LogP) is 4.78. The van der Waals surface area contributed by atoms with E-state index in [1.165, 1.54) is 12.8 Å². The molecule has 126 valence electrons. The molecule has 0 amide bonds. The van der Waals surface area contributed by atoms with Crippen LogP contribution < -0.4 is 0 Å². The van der Waals surface area contributed by atoms with E-state index in [-0.39, 0.29) is 5.60 Å². The van der Waals surface area contributed by atoms with Crippen molar-refractivity contribution in [3.8, 4) is 0 Å². The highest BCUT2D eigenvalue weighted by Gasteiger charge is 2.72. The molecule has 12 unspecified atom stereocenters. The Morgan fingerprint density at radius 3 is 1.91 bits per heavy atom. The van der Waals surface area contributed by atoms with Crippen molar-refractivity contribution in [1.29, 1.82) is 0 Å². The van der Waals surface area contributed by atoms with Crippen LogP contribution in [0.5, 0.6) is 0 Å². The van der Waals surface area contributed by atoms with Gasteiger partial charge in [-0.05, 0) is 105 Å². The van der Waals surface area contributed by atoms with Crippen molar-refractivity contribution in [2.24, 2.45) is 65.1 Å². The maximum atomic E-state index is 6.62. The zero-order valence-electron chi connectivity index (χ0n) is 15.1. The van der Waals surface area contributed by atoms with Crippen molar-refractivity contribution in [1.82, 2.24) is 0 Å². The summed E-state index contributed by atoms with van der Waals surface area (Å²) in [6.07, 6.45) is 10.3. The maximum absolute atomic E-state index is 6.62. The minimum absolute atomic E-state index is 0.0220. The number of hydrogen-bond acceptors (Lipinski definition) is 1. The first kappa shape index (κ1) is 13.9. The molecule has 0 radical (unpaired) electrons. The summed E-state index contributed by atoms with van der Waals surface area (Å²) < 4.78 is 6.62. The summed E-state index contributed by atoms with van der Waals surface area (Å²) in [6, 6.07) is 0. The van der Waals surface area contributed by atoms with Gasteiger partial charge in [0.15, 0.2) is 0 Å². The fraction of sp³-hybridized carbons (Fsp3) is 0.909. The van der Waals surface area contributed by atoms with Crippen LogP contribution in [0.2, 0.25) is 0 Å². The van der Waals surface area contributed by atoms with Gasteiger partial charge in [-0.25, -0.2) is 0 Å². The molecule has 0 aromatic rings. The molecule has 0 aromatic heterocycles. The highest BCUT2D eigenvalue weighted by Crippen LogP contribution is 2.76. The third-order valence-corrected chi connectivity index (χ3v) is 9.19. The molecule has 6 rings (SSSR count). The second-order valence-corrected chi connectivity index (χ2v) is 10.9. The lowest BCUT2D eigenvalue weighted by atomic mass is 9.59. The van der Waals surface area contributed by atoms with Crippen LogP contribution in [-0.2, 0) is 4.74 Å². The van der Waals surface area contributed by atoms with E-state index in [4.69, 9.17) is 4.74 Å². The summed E-state index contributed by atoms with van der Waals surface area (Å²) in [5.74, 6) is 11.0. The molecule has 0 aromatic carbocycles. The first-order valence-electron chi connectivity index (χ1n) is 10.3. The second kappa shape index (κ2) is 4.09. The number of fused-ring (bicyclic) bond motifs is 16. The van der Waals surface area contributed by atoms with E-state index in [9.17, 15) is 0 Å². The standard InChI is InChI=1S/C22H32O/c1-10-13-8-16(21(10)23-22(2,3)4)20-15-9-14(19(13)20)17-11-5-6-12(7-11)18(15)17/h5-6,10-21H,7-9H2,1-4H3. The van der Waals surface area contributed by atoms with Gasteiger partial charge in [-0.3, -0.25) is 0 Å². The fourth-order valence-corrected chi connectivity index (χ4v) is 9.12. The van der Waals surface area contributed by atoms with E-state index >= 15 is 0 Å². The van der Waals surface area contributed by atoms with Crippen LogP contribution >= 0.6 is 0 Å². The van der Waals surface area contributed by atoms with Crippen molar-refractivity contribution in [3.63, 3.8) is 0 Å². The maximum Gasteiger partial charge on any atom is 0.0641 e. The molecule has 6 aliphatic carbocycles. The van der Waals surface area contributed by atoms with E-state index in [0.29, 0.717) is 6.10 Å². The van der Waals surface area contributed by atoms with Crippen molar-refractivity contribution < 1.29 is 4.74 Å². The quantitative estimate of drug-likeness (QED) is 0.500. The van der Waals surface area contributed by atoms with E-state index < -0.39 is 0 Å². The normalized spacial score (nSPS) is 64.0. The van der Waals surface area contributed by atoms with Gasteiger partial charge in [-0.1, -0.05) is 19.1 Å². The summed E-state index contributed by atoms with van der Waals surface area (Å²) in [7, 11) is 0. The molecule has 6 aliphatic rings. The Labute approximate surface area is 141 Å². The van der Waals surface area contributed by atoms with Crippen LogP contribution in [-0.4, -0.2) is 11.7 Å². The number of ether oxygens (including phenoxy) is 1. The van der Waals surface area contributed by atoms with E-state index in [0.717, 1.165) is 65.1 Å². The Kier molecular flexibility index (Phi) is 2.48. The molecule has 0 spiro atoms. The Balaban J connectivity index is 1.34. The lowest BCUT2D eigenvalue weighted by molar-refractivity contribution is -0.133. The molecule has 12 atom stereocenters. The molecule has 5 fully saturated rings. The molecule has 0 aliphatic heterocycles. The molecule has 5 saturated carbocycles. The summed E-state index contributed by atoms with van der Waals surface area (Å²) in [6.45, 7) is 9.27. The van der Waals surface area contributed by atoms with Gasteiger partial charge >= 0.3 is 0 Å². The molecule has 1 heteroatoms. The Morgan fingerprint density at radius 1 is 0.739 bits per heavy atom. The minimum atomic E-state index is 0.0220. The van der Waals surface area contributed by atoms with Crippen LogP contribution in [0.25, 0.3) is 0 Å². The molecular formula is C22H32O. The SMILES string of the molecule is CC1C2CC(C1OC(C)(C)C)C1C3CC(C4C5C=CC(C5)C34)C21. The van der Waals surface area contributed by atoms with E-state index in [1.54, 1.807) is 6.42 Å². The van der Waals surface area contributed by atoms with Crippen molar-refractivity contribution in [2.45, 2.75) is 58.7 Å². The van der Waals surface area contributed by atoms with Gasteiger partial charge in [-0.15, -0.1) is 0 Å². The van der Waals surface area contributed by atoms with Gasteiger partial charge in [0.2, 0.25) is 0 Å². The van der Waals surface area contributed by atoms with Crippen LogP contribution in [0.15, 0.2) is 12.2 Å². The third kappa shape index (κ3) is 1.55. The van der Waals surface area contributed by atoms with Gasteiger partial charge in [0.1, 0.15) is 0 Å². The Hall–Kier alpha value is -0.300. The summed E-state index contributed by atoms with van der Waals surface area (Å²) in [4.78, 5) is 0. The van der Waals surface area contributed by atoms with E-state index in [2.05, 4.69) is 39.8 Å². The van der Waals surface area contributed by atoms with Crippen molar-refractivity contribution in [2.75, 3.05) is 0 Å². The topological polar surface area (TPSA) is 9.23 Å². The summed E-state index contributed by atoms with van der Waals surface area (Å²) >= 11 is 0. The van der Waals surface area contributed by atoms with Gasteiger partial charge in [-0.2, -0.15) is 0 Å². The smallest absolute Gasteiger partial charge is 0.0641 e. The lowest BCUT2D eigenvalue weighted by Crippen LogP contribution is -2.48. The van der Waals surface area contributed by atoms with Crippen molar-refractivity contribution in [3.05, 3.63) is 12.2 Å². The number of rotatable bonds is 1. The molecule has 6 bridgehead atoms. The monoisotopic (exact) mass is 312 g/mol. The number of allylic oxidation sites excluding steroid dienone is 2. The van der Waals surface area contributed by atoms with Gasteiger partial charge < -0.3 is 4.74 Å². The fourth-order valence-electron chi connectivity index (χ4n) is 9.12. The molecule has 0 saturated heterocycles. The highest BCUT2D eigenvalue weighted by atomic mass is 16.5. The Bertz CT molecular complexity index is 571. The second-order valence-electron chi connectivity index (χ2n) is 10.9. The zero-order valence-corrected chi connectivity index (χ0v) is 15.1. The third-order valence-electron chi connectivity index (χ3n) is 9.19. The number of hydrogen-bond donors (Lipinski definition) is 0. The molecule has 0 heterocycles. The zero-order chi connectivity index (χ0) is 15.7. The van der Waals surface area contributed by atoms with E-state index in [1.807, 2.05) is 0 Å². The van der Waals surface area contributed by atoms with Gasteiger partial charge in [0.25, 0.3) is 0 Å². The van der Waals surface area contributed by atoms with Crippen LogP contribution in [0.1, 0.15) is 47.0 Å². The molecule has 1 nitrogen and oxygen atoms in total. The molecule has 23 heavy (non-hydrogen) atoms. The minimum Gasteiger partial charge on any atom is -0.372 e. The van der Waals surface area contributed by atoms with Crippen LogP contribution in [0.3, 0.4) is 0 Å². The summed E-state index contributed by atoms with van der Waals surface area (Å²) in [5.41, 5.74) is 0.0220. The van der Waals surface area contributed by atoms with Crippen molar-refractivity contribution >= 4 is 0 Å². The largest absolute Gasteiger partial charge is 0.372 e. The first-order chi connectivity index (χ1) is 10.9. The predicted molar refractivity (Wildman–Crippen MR) is 91.7 cm³/mol. The average Bonchev–Trinajstić information content (AvgIpc) is 3.24. The lowest BCUT2D eigenvalue weighted by Gasteiger charge is -2.48. The first-order valence-corrected chi connectivity index (χ1v) is 10.3.